The Morgan fingerprint density at radius 3 is 2.88 bits per heavy atom. The van der Waals surface area contributed by atoms with Crippen molar-refractivity contribution in [2.45, 2.75) is 45.6 Å². The van der Waals surface area contributed by atoms with Gasteiger partial charge in [0.1, 0.15) is 0 Å². The largest absolute Gasteiger partial charge is 0.351 e. The molecular weight excluding hydrogens is 218 g/mol. The van der Waals surface area contributed by atoms with Crippen LogP contribution in [0, 0.1) is 12.8 Å². The number of carbonyl (C=O) groups excluding carboxylic acids is 1. The molecule has 0 bridgehead atoms. The van der Waals surface area contributed by atoms with Gasteiger partial charge in [0, 0.05) is 11.3 Å². The molecule has 1 fully saturated rings. The van der Waals surface area contributed by atoms with Gasteiger partial charge >= 0.3 is 0 Å². The first kappa shape index (κ1) is 11.6. The average Bonchev–Trinajstić information content (AvgIpc) is 2.87. The second kappa shape index (κ2) is 5.48. The van der Waals surface area contributed by atoms with Crippen LogP contribution in [0.3, 0.4) is 0 Å². The summed E-state index contributed by atoms with van der Waals surface area (Å²) in [6.07, 6.45) is 5.82. The number of aryl methyl sites for hydroxylation is 1. The topological polar surface area (TPSA) is 29.1 Å². The van der Waals surface area contributed by atoms with Gasteiger partial charge in [0.2, 0.25) is 5.91 Å². The van der Waals surface area contributed by atoms with Crippen LogP contribution in [0.2, 0.25) is 0 Å². The molecule has 2 nitrogen and oxygen atoms in total. The number of amides is 1. The highest BCUT2D eigenvalue weighted by atomic mass is 32.1. The van der Waals surface area contributed by atoms with Gasteiger partial charge in [-0.05, 0) is 42.7 Å². The first-order valence-electron chi connectivity index (χ1n) is 6.05. The summed E-state index contributed by atoms with van der Waals surface area (Å²) in [5.41, 5.74) is 1.28. The molecule has 0 radical (unpaired) electrons. The summed E-state index contributed by atoms with van der Waals surface area (Å²) >= 11 is 1.72. The Bertz CT molecular complexity index is 353. The van der Waals surface area contributed by atoms with E-state index in [0.717, 1.165) is 6.42 Å². The molecule has 1 aromatic heterocycles. The molecule has 1 aromatic rings. The monoisotopic (exact) mass is 237 g/mol. The standard InChI is InChI=1S/C13H19NOS/c1-10-6-7-16-12(10)9-14-13(15)8-11-4-2-3-5-11/h6-7,11H,2-5,8-9H2,1H3,(H,14,15). The Kier molecular flexibility index (Phi) is 3.99. The third-order valence-electron chi connectivity index (χ3n) is 3.36. The van der Waals surface area contributed by atoms with Crippen molar-refractivity contribution in [3.05, 3.63) is 21.9 Å². The number of hydrogen-bond donors (Lipinski definition) is 1. The maximum Gasteiger partial charge on any atom is 0.220 e. The SMILES string of the molecule is Cc1ccsc1CNC(=O)CC1CCCC1. The normalized spacial score (nSPS) is 16.6. The lowest BCUT2D eigenvalue weighted by atomic mass is 10.0. The van der Waals surface area contributed by atoms with Crippen LogP contribution in [0.25, 0.3) is 0 Å². The van der Waals surface area contributed by atoms with E-state index < -0.39 is 0 Å². The van der Waals surface area contributed by atoms with E-state index in [2.05, 4.69) is 23.7 Å². The Morgan fingerprint density at radius 1 is 1.50 bits per heavy atom. The maximum absolute atomic E-state index is 11.7. The van der Waals surface area contributed by atoms with E-state index in [-0.39, 0.29) is 5.91 Å². The van der Waals surface area contributed by atoms with E-state index in [1.807, 2.05) is 0 Å². The smallest absolute Gasteiger partial charge is 0.220 e. The number of thiophene rings is 1. The first-order chi connectivity index (χ1) is 7.75. The zero-order valence-corrected chi connectivity index (χ0v) is 10.6. The van der Waals surface area contributed by atoms with Crippen LogP contribution in [-0.2, 0) is 11.3 Å². The third kappa shape index (κ3) is 3.08. The number of nitrogens with one attached hydrogen (secondary N) is 1. The predicted octanol–water partition coefficient (Wildman–Crippen LogP) is 3.25. The number of hydrogen-bond acceptors (Lipinski definition) is 2. The summed E-state index contributed by atoms with van der Waals surface area (Å²) < 4.78 is 0. The van der Waals surface area contributed by atoms with E-state index in [9.17, 15) is 4.79 Å². The van der Waals surface area contributed by atoms with E-state index >= 15 is 0 Å². The lowest BCUT2D eigenvalue weighted by Gasteiger charge is -2.09. The van der Waals surface area contributed by atoms with Crippen molar-refractivity contribution < 1.29 is 4.79 Å². The molecule has 0 aromatic carbocycles. The van der Waals surface area contributed by atoms with Gasteiger partial charge in [0.05, 0.1) is 6.54 Å². The lowest BCUT2D eigenvalue weighted by Crippen LogP contribution is -2.24. The highest BCUT2D eigenvalue weighted by molar-refractivity contribution is 7.10. The number of rotatable bonds is 4. The van der Waals surface area contributed by atoms with Gasteiger partial charge < -0.3 is 5.32 Å². The molecule has 0 spiro atoms. The van der Waals surface area contributed by atoms with Crippen molar-refractivity contribution in [2.24, 2.45) is 5.92 Å². The van der Waals surface area contributed by atoms with Crippen molar-refractivity contribution in [3.63, 3.8) is 0 Å². The Labute approximate surface area is 101 Å². The molecule has 0 aliphatic heterocycles. The van der Waals surface area contributed by atoms with Gasteiger partial charge in [-0.2, -0.15) is 0 Å². The minimum Gasteiger partial charge on any atom is -0.351 e. The molecule has 16 heavy (non-hydrogen) atoms. The van der Waals surface area contributed by atoms with Gasteiger partial charge in [-0.3, -0.25) is 4.79 Å². The minimum absolute atomic E-state index is 0.222. The molecule has 0 saturated heterocycles. The molecule has 1 amide bonds. The highest BCUT2D eigenvalue weighted by Gasteiger charge is 2.18. The predicted molar refractivity (Wildman–Crippen MR) is 67.5 cm³/mol. The molecule has 0 unspecified atom stereocenters. The van der Waals surface area contributed by atoms with Crippen LogP contribution in [0.1, 0.15) is 42.5 Å². The zero-order valence-electron chi connectivity index (χ0n) is 9.79. The average molecular weight is 237 g/mol. The summed E-state index contributed by atoms with van der Waals surface area (Å²) in [6.45, 7) is 2.80. The fraction of sp³-hybridized carbons (Fsp3) is 0.615. The van der Waals surface area contributed by atoms with Crippen LogP contribution in [-0.4, -0.2) is 5.91 Å². The quantitative estimate of drug-likeness (QED) is 0.855. The van der Waals surface area contributed by atoms with Crippen molar-refractivity contribution in [2.75, 3.05) is 0 Å². The summed E-state index contributed by atoms with van der Waals surface area (Å²) in [7, 11) is 0. The lowest BCUT2D eigenvalue weighted by molar-refractivity contribution is -0.122. The first-order valence-corrected chi connectivity index (χ1v) is 6.93. The molecule has 1 N–H and O–H groups in total. The Morgan fingerprint density at radius 2 is 2.25 bits per heavy atom. The van der Waals surface area contributed by atoms with Gasteiger partial charge in [0.25, 0.3) is 0 Å². The minimum atomic E-state index is 0.222. The van der Waals surface area contributed by atoms with Crippen LogP contribution >= 0.6 is 11.3 Å². The Hall–Kier alpha value is -0.830. The summed E-state index contributed by atoms with van der Waals surface area (Å²) in [5.74, 6) is 0.865. The van der Waals surface area contributed by atoms with E-state index in [4.69, 9.17) is 0 Å². The van der Waals surface area contributed by atoms with Crippen molar-refractivity contribution in [1.82, 2.24) is 5.32 Å². The molecule has 1 saturated carbocycles. The second-order valence-corrected chi connectivity index (χ2v) is 5.66. The van der Waals surface area contributed by atoms with Crippen LogP contribution in [0.5, 0.6) is 0 Å². The summed E-state index contributed by atoms with van der Waals surface area (Å²) in [5, 5.41) is 5.10. The van der Waals surface area contributed by atoms with E-state index in [0.29, 0.717) is 12.5 Å². The molecule has 88 valence electrons. The van der Waals surface area contributed by atoms with E-state index in [1.54, 1.807) is 11.3 Å². The van der Waals surface area contributed by atoms with E-state index in [1.165, 1.54) is 36.1 Å². The maximum atomic E-state index is 11.7. The number of carbonyl (C=O) groups is 1. The molecule has 0 atom stereocenters. The van der Waals surface area contributed by atoms with Gasteiger partial charge in [-0.1, -0.05) is 12.8 Å². The van der Waals surface area contributed by atoms with Gasteiger partial charge in [-0.15, -0.1) is 11.3 Å². The third-order valence-corrected chi connectivity index (χ3v) is 4.39. The van der Waals surface area contributed by atoms with Gasteiger partial charge in [-0.25, -0.2) is 0 Å². The molecule has 1 aliphatic rings. The second-order valence-electron chi connectivity index (χ2n) is 4.66. The van der Waals surface area contributed by atoms with Crippen LogP contribution < -0.4 is 5.32 Å². The molecule has 1 aliphatic carbocycles. The fourth-order valence-electron chi connectivity index (χ4n) is 2.31. The summed E-state index contributed by atoms with van der Waals surface area (Å²) in [6, 6.07) is 2.10. The van der Waals surface area contributed by atoms with Gasteiger partial charge in [0.15, 0.2) is 0 Å². The molecule has 1 heterocycles. The highest BCUT2D eigenvalue weighted by Crippen LogP contribution is 2.27. The summed E-state index contributed by atoms with van der Waals surface area (Å²) in [4.78, 5) is 13.0. The molecular formula is C13H19NOS. The van der Waals surface area contributed by atoms with Crippen molar-refractivity contribution in [1.29, 1.82) is 0 Å². The zero-order chi connectivity index (χ0) is 11.4. The fourth-order valence-corrected chi connectivity index (χ4v) is 3.16. The van der Waals surface area contributed by atoms with Crippen molar-refractivity contribution >= 4 is 17.2 Å². The Balaban J connectivity index is 1.73. The van der Waals surface area contributed by atoms with Crippen LogP contribution in [0.4, 0.5) is 0 Å². The molecule has 3 heteroatoms. The van der Waals surface area contributed by atoms with Crippen LogP contribution in [0.15, 0.2) is 11.4 Å². The molecule has 2 rings (SSSR count). The van der Waals surface area contributed by atoms with Crippen molar-refractivity contribution in [3.8, 4) is 0 Å².